The smallest absolute Gasteiger partial charge is 0.167 e. The average molecular weight is 306 g/mol. The van der Waals surface area contributed by atoms with Crippen molar-refractivity contribution in [3.05, 3.63) is 54.6 Å². The Morgan fingerprint density at radius 1 is 1.17 bits per heavy atom. The highest BCUT2D eigenvalue weighted by Gasteiger charge is 2.15. The molecule has 0 spiro atoms. The van der Waals surface area contributed by atoms with Gasteiger partial charge in [-0.1, -0.05) is 35.5 Å². The van der Waals surface area contributed by atoms with Crippen LogP contribution >= 0.6 is 0 Å². The summed E-state index contributed by atoms with van der Waals surface area (Å²) < 4.78 is 5.44. The molecular weight excluding hydrogens is 292 g/mol. The minimum absolute atomic E-state index is 0.0655. The van der Waals surface area contributed by atoms with Crippen molar-refractivity contribution in [3.63, 3.8) is 0 Å². The monoisotopic (exact) mass is 306 g/mol. The van der Waals surface area contributed by atoms with Gasteiger partial charge < -0.3 is 9.84 Å². The van der Waals surface area contributed by atoms with Crippen LogP contribution in [0.3, 0.4) is 0 Å². The molecule has 114 valence electrons. The quantitative estimate of drug-likeness (QED) is 0.601. The van der Waals surface area contributed by atoms with Crippen LogP contribution in [0, 0.1) is 0 Å². The summed E-state index contributed by atoms with van der Waals surface area (Å²) in [5.74, 6) is 1.45. The van der Waals surface area contributed by atoms with Gasteiger partial charge in [0.15, 0.2) is 11.4 Å². The first-order chi connectivity index (χ1) is 11.3. The number of fused-ring (bicyclic) bond motifs is 1. The third-order valence-corrected chi connectivity index (χ3v) is 3.63. The standard InChI is InChI=1S/C16H14N6O/c1-10(20-15-12-8-19-21-16(12)18-9-17-15)13-7-14(23-22-13)11-5-3-2-4-6-11/h2-10H,1H3,(H2,17,18,19,20,21). The molecule has 3 heterocycles. The largest absolute Gasteiger partial charge is 0.361 e. The van der Waals surface area contributed by atoms with Gasteiger partial charge in [-0.15, -0.1) is 0 Å². The van der Waals surface area contributed by atoms with E-state index in [1.165, 1.54) is 6.33 Å². The van der Waals surface area contributed by atoms with Crippen molar-refractivity contribution in [2.45, 2.75) is 13.0 Å². The van der Waals surface area contributed by atoms with Crippen molar-refractivity contribution in [1.82, 2.24) is 25.3 Å². The number of aromatic amines is 1. The molecule has 7 nitrogen and oxygen atoms in total. The molecule has 0 radical (unpaired) electrons. The molecule has 0 bridgehead atoms. The van der Waals surface area contributed by atoms with Crippen molar-refractivity contribution in [2.75, 3.05) is 5.32 Å². The number of H-pyrrole nitrogens is 1. The maximum Gasteiger partial charge on any atom is 0.167 e. The van der Waals surface area contributed by atoms with Crippen LogP contribution in [0.5, 0.6) is 0 Å². The summed E-state index contributed by atoms with van der Waals surface area (Å²) in [7, 11) is 0. The number of rotatable bonds is 4. The molecule has 4 aromatic rings. The maximum absolute atomic E-state index is 5.44. The number of hydrogen-bond acceptors (Lipinski definition) is 6. The third-order valence-electron chi connectivity index (χ3n) is 3.63. The van der Waals surface area contributed by atoms with E-state index in [4.69, 9.17) is 4.52 Å². The molecule has 2 N–H and O–H groups in total. The molecule has 4 rings (SSSR count). The van der Waals surface area contributed by atoms with Gasteiger partial charge in [0.05, 0.1) is 17.6 Å². The highest BCUT2D eigenvalue weighted by molar-refractivity contribution is 5.85. The van der Waals surface area contributed by atoms with Crippen LogP contribution in [0.1, 0.15) is 18.7 Å². The summed E-state index contributed by atoms with van der Waals surface area (Å²) in [6, 6.07) is 11.7. The maximum atomic E-state index is 5.44. The van der Waals surface area contributed by atoms with Gasteiger partial charge in [0.1, 0.15) is 17.8 Å². The van der Waals surface area contributed by atoms with Gasteiger partial charge in [-0.05, 0) is 6.92 Å². The number of benzene rings is 1. The first-order valence-corrected chi connectivity index (χ1v) is 7.24. The fraction of sp³-hybridized carbons (Fsp3) is 0.125. The molecule has 0 aliphatic heterocycles. The second-order valence-corrected chi connectivity index (χ2v) is 5.20. The second-order valence-electron chi connectivity index (χ2n) is 5.20. The molecule has 1 atom stereocenters. The Kier molecular flexibility index (Phi) is 3.23. The van der Waals surface area contributed by atoms with Gasteiger partial charge >= 0.3 is 0 Å². The zero-order valence-corrected chi connectivity index (χ0v) is 12.4. The Morgan fingerprint density at radius 2 is 2.04 bits per heavy atom. The Morgan fingerprint density at radius 3 is 2.91 bits per heavy atom. The second kappa shape index (κ2) is 5.53. The minimum Gasteiger partial charge on any atom is -0.361 e. The number of hydrogen-bond donors (Lipinski definition) is 2. The number of nitrogens with one attached hydrogen (secondary N) is 2. The summed E-state index contributed by atoms with van der Waals surface area (Å²) in [4.78, 5) is 8.39. The van der Waals surface area contributed by atoms with E-state index in [0.717, 1.165) is 22.4 Å². The van der Waals surface area contributed by atoms with E-state index in [-0.39, 0.29) is 6.04 Å². The van der Waals surface area contributed by atoms with Crippen molar-refractivity contribution in [1.29, 1.82) is 0 Å². The molecule has 0 saturated heterocycles. The van der Waals surface area contributed by atoms with Gasteiger partial charge in [-0.25, -0.2) is 9.97 Å². The highest BCUT2D eigenvalue weighted by atomic mass is 16.5. The third kappa shape index (κ3) is 2.52. The van der Waals surface area contributed by atoms with E-state index in [2.05, 4.69) is 30.6 Å². The molecule has 23 heavy (non-hydrogen) atoms. The summed E-state index contributed by atoms with van der Waals surface area (Å²) >= 11 is 0. The molecule has 0 amide bonds. The number of nitrogens with zero attached hydrogens (tertiary/aromatic N) is 4. The van der Waals surface area contributed by atoms with E-state index in [1.54, 1.807) is 6.20 Å². The fourth-order valence-electron chi connectivity index (χ4n) is 2.39. The van der Waals surface area contributed by atoms with E-state index in [9.17, 15) is 0 Å². The van der Waals surface area contributed by atoms with E-state index in [1.807, 2.05) is 43.3 Å². The lowest BCUT2D eigenvalue weighted by Gasteiger charge is -2.11. The summed E-state index contributed by atoms with van der Waals surface area (Å²) in [6.45, 7) is 2.00. The predicted molar refractivity (Wildman–Crippen MR) is 85.7 cm³/mol. The van der Waals surface area contributed by atoms with Gasteiger partial charge in [0, 0.05) is 11.6 Å². The molecule has 0 aliphatic rings. The molecule has 1 unspecified atom stereocenters. The molecule has 0 fully saturated rings. The van der Waals surface area contributed by atoms with E-state index in [0.29, 0.717) is 11.5 Å². The molecule has 1 aromatic carbocycles. The lowest BCUT2D eigenvalue weighted by molar-refractivity contribution is 0.420. The van der Waals surface area contributed by atoms with Crippen molar-refractivity contribution >= 4 is 16.9 Å². The first kappa shape index (κ1) is 13.4. The van der Waals surface area contributed by atoms with E-state index < -0.39 is 0 Å². The highest BCUT2D eigenvalue weighted by Crippen LogP contribution is 2.26. The van der Waals surface area contributed by atoms with Gasteiger partial charge in [-0.3, -0.25) is 5.10 Å². The number of anilines is 1. The molecule has 7 heteroatoms. The van der Waals surface area contributed by atoms with Crippen LogP contribution in [-0.2, 0) is 0 Å². The Hall–Kier alpha value is -3.22. The summed E-state index contributed by atoms with van der Waals surface area (Å²) in [5.41, 5.74) is 2.50. The fourth-order valence-corrected chi connectivity index (χ4v) is 2.39. The van der Waals surface area contributed by atoms with Crippen LogP contribution in [-0.4, -0.2) is 25.3 Å². The number of aromatic nitrogens is 5. The Bertz CT molecular complexity index is 930. The van der Waals surface area contributed by atoms with Crippen molar-refractivity contribution in [3.8, 4) is 11.3 Å². The lowest BCUT2D eigenvalue weighted by atomic mass is 10.1. The zero-order chi connectivity index (χ0) is 15.6. The van der Waals surface area contributed by atoms with Crippen molar-refractivity contribution in [2.24, 2.45) is 0 Å². The van der Waals surface area contributed by atoms with Gasteiger partial charge in [0.2, 0.25) is 0 Å². The molecule has 0 saturated carbocycles. The lowest BCUT2D eigenvalue weighted by Crippen LogP contribution is -2.08. The van der Waals surface area contributed by atoms with Crippen LogP contribution < -0.4 is 5.32 Å². The summed E-state index contributed by atoms with van der Waals surface area (Å²) in [5, 5.41) is 15.1. The van der Waals surface area contributed by atoms with E-state index >= 15 is 0 Å². The van der Waals surface area contributed by atoms with Crippen LogP contribution in [0.2, 0.25) is 0 Å². The average Bonchev–Trinajstić information content (AvgIpc) is 3.25. The Balaban J connectivity index is 1.59. The van der Waals surface area contributed by atoms with Crippen molar-refractivity contribution < 1.29 is 4.52 Å². The van der Waals surface area contributed by atoms with Crippen LogP contribution in [0.4, 0.5) is 5.82 Å². The topological polar surface area (TPSA) is 92.5 Å². The molecule has 3 aromatic heterocycles. The molecular formula is C16H14N6O. The zero-order valence-electron chi connectivity index (χ0n) is 12.4. The SMILES string of the molecule is CC(Nc1ncnc2[nH]ncc12)c1cc(-c2ccccc2)on1. The summed E-state index contributed by atoms with van der Waals surface area (Å²) in [6.07, 6.45) is 3.19. The van der Waals surface area contributed by atoms with Crippen LogP contribution in [0.25, 0.3) is 22.4 Å². The van der Waals surface area contributed by atoms with Crippen LogP contribution in [0.15, 0.2) is 53.4 Å². The normalized spacial score (nSPS) is 12.4. The Labute approximate surface area is 131 Å². The minimum atomic E-state index is -0.0655. The van der Waals surface area contributed by atoms with Gasteiger partial charge in [0.25, 0.3) is 0 Å². The predicted octanol–water partition coefficient (Wildman–Crippen LogP) is 3.18. The molecule has 0 aliphatic carbocycles. The first-order valence-electron chi connectivity index (χ1n) is 7.24. The van der Waals surface area contributed by atoms with Gasteiger partial charge in [-0.2, -0.15) is 5.10 Å².